The van der Waals surface area contributed by atoms with Gasteiger partial charge in [0.05, 0.1) is 0 Å². The zero-order valence-electron chi connectivity index (χ0n) is 11.2. The normalized spacial score (nSPS) is 19.7. The lowest BCUT2D eigenvalue weighted by Gasteiger charge is -2.30. The Morgan fingerprint density at radius 1 is 1.44 bits per heavy atom. The average molecular weight is 247 g/mol. The van der Waals surface area contributed by atoms with Crippen LogP contribution in [0.15, 0.2) is 24.3 Å². The second-order valence-corrected chi connectivity index (χ2v) is 5.14. The van der Waals surface area contributed by atoms with E-state index in [1.165, 1.54) is 6.42 Å². The number of carbonyl (C=O) groups is 1. The summed E-state index contributed by atoms with van der Waals surface area (Å²) >= 11 is 0. The number of hydrogen-bond acceptors (Lipinski definition) is 2. The van der Waals surface area contributed by atoms with E-state index in [9.17, 15) is 4.79 Å². The number of ether oxygens (including phenoxy) is 1. The molecule has 1 atom stereocenters. The van der Waals surface area contributed by atoms with E-state index < -0.39 is 0 Å². The number of rotatable bonds is 3. The van der Waals surface area contributed by atoms with E-state index >= 15 is 0 Å². The fourth-order valence-corrected chi connectivity index (χ4v) is 2.37. The first kappa shape index (κ1) is 12.9. The molecule has 0 bridgehead atoms. The third-order valence-corrected chi connectivity index (χ3v) is 3.45. The Labute approximate surface area is 109 Å². The molecular formula is C15H21NO2. The second kappa shape index (κ2) is 5.89. The van der Waals surface area contributed by atoms with E-state index in [4.69, 9.17) is 4.74 Å². The number of amides is 1. The Morgan fingerprint density at radius 3 is 2.94 bits per heavy atom. The Kier molecular flexibility index (Phi) is 4.24. The molecule has 0 unspecified atom stereocenters. The van der Waals surface area contributed by atoms with Gasteiger partial charge in [-0.25, -0.2) is 0 Å². The van der Waals surface area contributed by atoms with E-state index in [2.05, 4.69) is 6.92 Å². The molecular weight excluding hydrogens is 226 g/mol. The molecule has 0 radical (unpaired) electrons. The van der Waals surface area contributed by atoms with Gasteiger partial charge in [-0.05, 0) is 37.3 Å². The SMILES string of the molecule is Cc1ccccc1OCC(=O)N1CCC[C@@H](C)C1. The van der Waals surface area contributed by atoms with E-state index in [1.807, 2.05) is 36.1 Å². The molecule has 3 heteroatoms. The molecule has 1 amide bonds. The number of hydrogen-bond donors (Lipinski definition) is 0. The van der Waals surface area contributed by atoms with Crippen molar-refractivity contribution in [2.24, 2.45) is 5.92 Å². The number of aryl methyl sites for hydroxylation is 1. The minimum Gasteiger partial charge on any atom is -0.484 e. The molecule has 1 aliphatic heterocycles. The lowest BCUT2D eigenvalue weighted by Crippen LogP contribution is -2.41. The van der Waals surface area contributed by atoms with Gasteiger partial charge < -0.3 is 9.64 Å². The Hall–Kier alpha value is -1.51. The van der Waals surface area contributed by atoms with Crippen LogP contribution in [0, 0.1) is 12.8 Å². The molecule has 1 aromatic rings. The van der Waals surface area contributed by atoms with Gasteiger partial charge in [-0.2, -0.15) is 0 Å². The van der Waals surface area contributed by atoms with Crippen LogP contribution < -0.4 is 4.74 Å². The van der Waals surface area contributed by atoms with E-state index in [0.29, 0.717) is 5.92 Å². The van der Waals surface area contributed by atoms with Crippen LogP contribution in [-0.4, -0.2) is 30.5 Å². The van der Waals surface area contributed by atoms with Crippen molar-refractivity contribution in [3.8, 4) is 5.75 Å². The van der Waals surface area contributed by atoms with Gasteiger partial charge in [0.2, 0.25) is 0 Å². The topological polar surface area (TPSA) is 29.5 Å². The Balaban J connectivity index is 1.86. The van der Waals surface area contributed by atoms with Crippen LogP contribution in [-0.2, 0) is 4.79 Å². The summed E-state index contributed by atoms with van der Waals surface area (Å²) in [6, 6.07) is 7.79. The fraction of sp³-hybridized carbons (Fsp3) is 0.533. The summed E-state index contributed by atoms with van der Waals surface area (Å²) in [7, 11) is 0. The fourth-order valence-electron chi connectivity index (χ4n) is 2.37. The third-order valence-electron chi connectivity index (χ3n) is 3.45. The highest BCUT2D eigenvalue weighted by atomic mass is 16.5. The lowest BCUT2D eigenvalue weighted by atomic mass is 10.0. The minimum atomic E-state index is 0.102. The summed E-state index contributed by atoms with van der Waals surface area (Å²) in [5.74, 6) is 1.52. The Bertz CT molecular complexity index is 417. The molecule has 0 N–H and O–H groups in total. The molecule has 0 aliphatic carbocycles. The maximum Gasteiger partial charge on any atom is 0.260 e. The van der Waals surface area contributed by atoms with Gasteiger partial charge >= 0.3 is 0 Å². The van der Waals surface area contributed by atoms with E-state index in [-0.39, 0.29) is 12.5 Å². The number of piperidine rings is 1. The van der Waals surface area contributed by atoms with Crippen molar-refractivity contribution in [1.29, 1.82) is 0 Å². The van der Waals surface area contributed by atoms with Crippen LogP contribution in [0.3, 0.4) is 0 Å². The first-order valence-corrected chi connectivity index (χ1v) is 6.63. The molecule has 18 heavy (non-hydrogen) atoms. The zero-order valence-corrected chi connectivity index (χ0v) is 11.2. The molecule has 2 rings (SSSR count). The standard InChI is InChI=1S/C15H21NO2/c1-12-6-5-9-16(10-12)15(17)11-18-14-8-4-3-7-13(14)2/h3-4,7-8,12H,5-6,9-11H2,1-2H3/t12-/m1/s1. The first-order valence-electron chi connectivity index (χ1n) is 6.63. The van der Waals surface area contributed by atoms with Crippen LogP contribution >= 0.6 is 0 Å². The van der Waals surface area contributed by atoms with E-state index in [0.717, 1.165) is 30.8 Å². The quantitative estimate of drug-likeness (QED) is 0.821. The van der Waals surface area contributed by atoms with Crippen LogP contribution in [0.25, 0.3) is 0 Å². The van der Waals surface area contributed by atoms with Crippen LogP contribution in [0.4, 0.5) is 0 Å². The summed E-state index contributed by atoms with van der Waals surface area (Å²) in [5.41, 5.74) is 1.07. The van der Waals surface area contributed by atoms with Gasteiger partial charge in [0.15, 0.2) is 6.61 Å². The highest BCUT2D eigenvalue weighted by Gasteiger charge is 2.21. The smallest absolute Gasteiger partial charge is 0.260 e. The highest BCUT2D eigenvalue weighted by Crippen LogP contribution is 2.18. The lowest BCUT2D eigenvalue weighted by molar-refractivity contribution is -0.135. The van der Waals surface area contributed by atoms with Crippen molar-refractivity contribution in [3.63, 3.8) is 0 Å². The summed E-state index contributed by atoms with van der Waals surface area (Å²) < 4.78 is 5.60. The van der Waals surface area contributed by atoms with Crippen molar-refractivity contribution in [3.05, 3.63) is 29.8 Å². The third kappa shape index (κ3) is 3.25. The van der Waals surface area contributed by atoms with Crippen molar-refractivity contribution >= 4 is 5.91 Å². The maximum absolute atomic E-state index is 12.0. The minimum absolute atomic E-state index is 0.102. The van der Waals surface area contributed by atoms with Crippen molar-refractivity contribution in [2.45, 2.75) is 26.7 Å². The Morgan fingerprint density at radius 2 is 2.22 bits per heavy atom. The van der Waals surface area contributed by atoms with Crippen molar-refractivity contribution in [2.75, 3.05) is 19.7 Å². The molecule has 3 nitrogen and oxygen atoms in total. The molecule has 1 saturated heterocycles. The summed E-state index contributed by atoms with van der Waals surface area (Å²) in [6.07, 6.45) is 2.33. The molecule has 0 saturated carbocycles. The highest BCUT2D eigenvalue weighted by molar-refractivity contribution is 5.77. The second-order valence-electron chi connectivity index (χ2n) is 5.14. The van der Waals surface area contributed by atoms with Gasteiger partial charge in [0.1, 0.15) is 5.75 Å². The van der Waals surface area contributed by atoms with Gasteiger partial charge in [0, 0.05) is 13.1 Å². The average Bonchev–Trinajstić information content (AvgIpc) is 2.37. The predicted octanol–water partition coefficient (Wildman–Crippen LogP) is 2.63. The maximum atomic E-state index is 12.0. The first-order chi connectivity index (χ1) is 8.66. The predicted molar refractivity (Wildman–Crippen MR) is 71.7 cm³/mol. The van der Waals surface area contributed by atoms with Crippen LogP contribution in [0.5, 0.6) is 5.75 Å². The number of likely N-dealkylation sites (tertiary alicyclic amines) is 1. The molecule has 98 valence electrons. The van der Waals surface area contributed by atoms with Crippen molar-refractivity contribution in [1.82, 2.24) is 4.90 Å². The molecule has 1 aliphatic rings. The van der Waals surface area contributed by atoms with Crippen LogP contribution in [0.1, 0.15) is 25.3 Å². The molecule has 1 aromatic carbocycles. The molecule has 1 fully saturated rings. The molecule has 1 heterocycles. The van der Waals surface area contributed by atoms with Gasteiger partial charge in [-0.3, -0.25) is 4.79 Å². The van der Waals surface area contributed by atoms with Gasteiger partial charge in [-0.1, -0.05) is 25.1 Å². The summed E-state index contributed by atoms with van der Waals surface area (Å²) in [6.45, 7) is 6.08. The largest absolute Gasteiger partial charge is 0.484 e. The van der Waals surface area contributed by atoms with Gasteiger partial charge in [-0.15, -0.1) is 0 Å². The number of para-hydroxylation sites is 1. The van der Waals surface area contributed by atoms with Crippen LogP contribution in [0.2, 0.25) is 0 Å². The number of benzene rings is 1. The van der Waals surface area contributed by atoms with Gasteiger partial charge in [0.25, 0.3) is 5.91 Å². The number of carbonyl (C=O) groups excluding carboxylic acids is 1. The van der Waals surface area contributed by atoms with Crippen molar-refractivity contribution < 1.29 is 9.53 Å². The molecule has 0 aromatic heterocycles. The van der Waals surface area contributed by atoms with E-state index in [1.54, 1.807) is 0 Å². The monoisotopic (exact) mass is 247 g/mol. The summed E-state index contributed by atoms with van der Waals surface area (Å²) in [4.78, 5) is 14.0. The molecule has 0 spiro atoms. The summed E-state index contributed by atoms with van der Waals surface area (Å²) in [5, 5.41) is 0. The number of nitrogens with zero attached hydrogens (tertiary/aromatic N) is 1. The zero-order chi connectivity index (χ0) is 13.0.